The summed E-state index contributed by atoms with van der Waals surface area (Å²) in [7, 11) is 0. The number of nitrogens with two attached hydrogens (primary N) is 3. The average Bonchev–Trinajstić information content (AvgIpc) is 3.60. The van der Waals surface area contributed by atoms with E-state index in [4.69, 9.17) is 21.9 Å². The molecule has 8 N–H and O–H groups in total. The van der Waals surface area contributed by atoms with Crippen molar-refractivity contribution in [3.05, 3.63) is 77.9 Å². The van der Waals surface area contributed by atoms with Gasteiger partial charge in [0.25, 0.3) is 0 Å². The molecule has 3 fully saturated rings. The number of anilines is 2. The van der Waals surface area contributed by atoms with Crippen LogP contribution in [0.4, 0.5) is 11.4 Å². The molecule has 2 saturated heterocycles. The van der Waals surface area contributed by atoms with Gasteiger partial charge in [0.05, 0.1) is 30.2 Å². The van der Waals surface area contributed by atoms with Crippen LogP contribution < -0.4 is 37.1 Å². The summed E-state index contributed by atoms with van der Waals surface area (Å²) >= 11 is 0. The Kier molecular flexibility index (Phi) is 9.09. The molecule has 4 aliphatic rings. The van der Waals surface area contributed by atoms with Gasteiger partial charge >= 0.3 is 0 Å². The smallest absolute Gasteiger partial charge is 0.249 e. The van der Waals surface area contributed by atoms with Crippen molar-refractivity contribution in [2.24, 2.45) is 17.2 Å². The van der Waals surface area contributed by atoms with E-state index in [9.17, 15) is 14.7 Å². The SMILES string of the molecule is NC(N)=C(/C=C(\N)c1ccccc1O)c1cnn(C2CCC(N3CCN(c4cccc5c4OCCN5C4CCC(=O)NC4=O)CC3)CC2)c1. The Morgan fingerprint density at radius 3 is 2.37 bits per heavy atom. The summed E-state index contributed by atoms with van der Waals surface area (Å²) in [5, 5.41) is 17.4. The minimum Gasteiger partial charge on any atom is -0.507 e. The first-order valence-electron chi connectivity index (χ1n) is 17.2. The van der Waals surface area contributed by atoms with Crippen molar-refractivity contribution in [2.45, 2.75) is 56.7 Å². The van der Waals surface area contributed by atoms with Gasteiger partial charge in [-0.25, -0.2) is 0 Å². The number of benzene rings is 2. The Morgan fingerprint density at radius 2 is 1.63 bits per heavy atom. The molecule has 1 aromatic heterocycles. The fourth-order valence-corrected chi connectivity index (χ4v) is 7.78. The summed E-state index contributed by atoms with van der Waals surface area (Å²) in [5.74, 6) is 0.625. The predicted molar refractivity (Wildman–Crippen MR) is 188 cm³/mol. The number of phenols is 1. The van der Waals surface area contributed by atoms with Gasteiger partial charge in [-0.3, -0.25) is 24.5 Å². The lowest BCUT2D eigenvalue weighted by Crippen LogP contribution is -2.54. The molecule has 1 unspecified atom stereocenters. The highest BCUT2D eigenvalue weighted by molar-refractivity contribution is 6.02. The van der Waals surface area contributed by atoms with Gasteiger partial charge in [-0.15, -0.1) is 0 Å². The number of carbonyl (C=O) groups excluding carboxylic acids is 2. The number of piperazine rings is 1. The van der Waals surface area contributed by atoms with Crippen LogP contribution in [0.15, 0.2) is 66.8 Å². The molecular formula is C36H45N9O4. The van der Waals surface area contributed by atoms with Crippen molar-refractivity contribution < 1.29 is 19.4 Å². The lowest BCUT2D eigenvalue weighted by atomic mass is 9.90. The fourth-order valence-electron chi connectivity index (χ4n) is 7.78. The molecule has 1 saturated carbocycles. The number of allylic oxidation sites excluding steroid dienone is 2. The first-order chi connectivity index (χ1) is 23.8. The molecule has 3 aromatic rings. The molecule has 7 rings (SSSR count). The number of nitrogens with zero attached hydrogens (tertiary/aromatic N) is 5. The molecule has 0 radical (unpaired) electrons. The van der Waals surface area contributed by atoms with Crippen molar-refractivity contribution in [3.8, 4) is 11.5 Å². The van der Waals surface area contributed by atoms with Gasteiger partial charge in [0.1, 0.15) is 24.2 Å². The molecule has 3 aliphatic heterocycles. The minimum atomic E-state index is -0.362. The van der Waals surface area contributed by atoms with Crippen LogP contribution in [0.1, 0.15) is 55.7 Å². The summed E-state index contributed by atoms with van der Waals surface area (Å²) < 4.78 is 8.24. The Bertz CT molecular complexity index is 1770. The third-order valence-electron chi connectivity index (χ3n) is 10.4. The van der Waals surface area contributed by atoms with E-state index in [1.54, 1.807) is 30.5 Å². The van der Waals surface area contributed by atoms with Gasteiger partial charge in [0.2, 0.25) is 11.8 Å². The fraction of sp³-hybridized carbons (Fsp3) is 0.417. The van der Waals surface area contributed by atoms with Crippen LogP contribution in [-0.2, 0) is 9.59 Å². The molecule has 2 aromatic carbocycles. The zero-order valence-corrected chi connectivity index (χ0v) is 27.6. The number of piperidine rings is 1. The highest BCUT2D eigenvalue weighted by Gasteiger charge is 2.36. The van der Waals surface area contributed by atoms with E-state index in [0.717, 1.165) is 74.6 Å². The lowest BCUT2D eigenvalue weighted by Gasteiger charge is -2.44. The number of imide groups is 1. The van der Waals surface area contributed by atoms with Gasteiger partial charge in [0, 0.05) is 67.2 Å². The topological polar surface area (TPSA) is 181 Å². The maximum Gasteiger partial charge on any atom is 0.249 e. The van der Waals surface area contributed by atoms with E-state index in [0.29, 0.717) is 48.9 Å². The number of ether oxygens (including phenoxy) is 1. The number of amides is 2. The van der Waals surface area contributed by atoms with Crippen molar-refractivity contribution in [1.82, 2.24) is 20.0 Å². The zero-order valence-electron chi connectivity index (χ0n) is 27.6. The number of hydrogen-bond acceptors (Lipinski definition) is 11. The predicted octanol–water partition coefficient (Wildman–Crippen LogP) is 2.48. The van der Waals surface area contributed by atoms with Crippen molar-refractivity contribution in [1.29, 1.82) is 0 Å². The molecule has 4 heterocycles. The van der Waals surface area contributed by atoms with Crippen LogP contribution in [0, 0.1) is 0 Å². The molecule has 49 heavy (non-hydrogen) atoms. The second-order valence-corrected chi connectivity index (χ2v) is 13.3. The Labute approximate surface area is 285 Å². The van der Waals surface area contributed by atoms with Gasteiger partial charge in [-0.1, -0.05) is 18.2 Å². The summed E-state index contributed by atoms with van der Waals surface area (Å²) in [5.41, 5.74) is 22.7. The van der Waals surface area contributed by atoms with Crippen molar-refractivity contribution in [3.63, 3.8) is 0 Å². The highest BCUT2D eigenvalue weighted by Crippen LogP contribution is 2.42. The second-order valence-electron chi connectivity index (χ2n) is 13.3. The lowest BCUT2D eigenvalue weighted by molar-refractivity contribution is -0.134. The monoisotopic (exact) mass is 667 g/mol. The van der Waals surface area contributed by atoms with E-state index < -0.39 is 0 Å². The number of phenolic OH excluding ortho intramolecular Hbond substituents is 1. The van der Waals surface area contributed by atoms with E-state index in [1.165, 1.54) is 0 Å². The van der Waals surface area contributed by atoms with Crippen LogP contribution in [0.3, 0.4) is 0 Å². The maximum atomic E-state index is 12.7. The first kappa shape index (κ1) is 32.4. The van der Waals surface area contributed by atoms with Gasteiger partial charge in [-0.2, -0.15) is 5.10 Å². The molecule has 1 aliphatic carbocycles. The Morgan fingerprint density at radius 1 is 0.898 bits per heavy atom. The number of para-hydroxylation sites is 2. The second kappa shape index (κ2) is 13.7. The van der Waals surface area contributed by atoms with Crippen LogP contribution >= 0.6 is 0 Å². The largest absolute Gasteiger partial charge is 0.507 e. The summed E-state index contributed by atoms with van der Waals surface area (Å²) in [6.45, 7) is 4.85. The maximum absolute atomic E-state index is 12.7. The zero-order chi connectivity index (χ0) is 34.1. The number of hydrogen-bond donors (Lipinski definition) is 5. The number of fused-ring (bicyclic) bond motifs is 1. The molecule has 13 heteroatoms. The van der Waals surface area contributed by atoms with E-state index in [-0.39, 0.29) is 35.5 Å². The Hall–Kier alpha value is -5.17. The molecule has 2 amide bonds. The number of aromatic hydroxyl groups is 1. The van der Waals surface area contributed by atoms with Gasteiger partial charge in [0.15, 0.2) is 5.75 Å². The van der Waals surface area contributed by atoms with Crippen LogP contribution in [-0.4, -0.2) is 83.0 Å². The number of nitrogens with one attached hydrogen (secondary N) is 1. The van der Waals surface area contributed by atoms with Gasteiger partial charge in [-0.05, 0) is 62.4 Å². The van der Waals surface area contributed by atoms with Crippen LogP contribution in [0.2, 0.25) is 0 Å². The number of rotatable bonds is 7. The molecule has 1 atom stereocenters. The molecule has 0 spiro atoms. The summed E-state index contributed by atoms with van der Waals surface area (Å²) in [6, 6.07) is 13.5. The molecular weight excluding hydrogens is 622 g/mol. The van der Waals surface area contributed by atoms with Crippen molar-refractivity contribution >= 4 is 34.5 Å². The van der Waals surface area contributed by atoms with Crippen molar-refractivity contribution in [2.75, 3.05) is 49.1 Å². The van der Waals surface area contributed by atoms with E-state index in [2.05, 4.69) is 31.2 Å². The minimum absolute atomic E-state index is 0.0893. The number of aromatic nitrogens is 2. The molecule has 13 nitrogen and oxygen atoms in total. The first-order valence-corrected chi connectivity index (χ1v) is 17.2. The number of carbonyl (C=O) groups is 2. The van der Waals surface area contributed by atoms with E-state index >= 15 is 0 Å². The third kappa shape index (κ3) is 6.62. The third-order valence-corrected chi connectivity index (χ3v) is 10.4. The average molecular weight is 668 g/mol. The summed E-state index contributed by atoms with van der Waals surface area (Å²) in [6.07, 6.45) is 10.5. The Balaban J connectivity index is 0.954. The quantitative estimate of drug-likeness (QED) is 0.185. The standard InChI is InChI=1S/C36H45N9O4/c37-28(26-4-1-2-7-32(26)46)20-27(35(38)39)23-21-40-45(22-23)25-10-8-24(9-11-25)42-14-16-43(17-15-42)29-5-3-6-30-34(29)49-19-18-44(30)31-12-13-33(47)41-36(31)48/h1-7,20-22,24-25,31,46H,8-19,37-39H2,(H,41,47,48)/b28-20-. The summed E-state index contributed by atoms with van der Waals surface area (Å²) in [4.78, 5) is 31.5. The normalized spacial score (nSPS) is 23.4. The highest BCUT2D eigenvalue weighted by atomic mass is 16.5. The molecule has 0 bridgehead atoms. The van der Waals surface area contributed by atoms with Crippen LogP contribution in [0.25, 0.3) is 11.3 Å². The van der Waals surface area contributed by atoms with E-state index in [1.807, 2.05) is 29.1 Å². The van der Waals surface area contributed by atoms with Gasteiger partial charge < -0.3 is 36.8 Å². The van der Waals surface area contributed by atoms with Crippen LogP contribution in [0.5, 0.6) is 11.5 Å². The molecule has 258 valence electrons.